The first-order chi connectivity index (χ1) is 14.1. The van der Waals surface area contributed by atoms with Gasteiger partial charge in [0.15, 0.2) is 0 Å². The Kier molecular flexibility index (Phi) is 7.04. The fourth-order valence-corrected chi connectivity index (χ4v) is 5.56. The zero-order valence-corrected chi connectivity index (χ0v) is 18.4. The molecule has 1 saturated heterocycles. The van der Waals surface area contributed by atoms with Crippen molar-refractivity contribution in [3.8, 4) is 0 Å². The summed E-state index contributed by atoms with van der Waals surface area (Å²) in [6, 6.07) is 7.67. The Labute approximate surface area is 184 Å². The summed E-state index contributed by atoms with van der Waals surface area (Å²) in [6.07, 6.45) is 0.432. The van der Waals surface area contributed by atoms with Crippen LogP contribution in [0.15, 0.2) is 41.3 Å². The summed E-state index contributed by atoms with van der Waals surface area (Å²) in [5.74, 6) is -1.38. The average Bonchev–Trinajstić information content (AvgIpc) is 2.71. The maximum absolute atomic E-state index is 13.3. The molecule has 0 bridgehead atoms. The highest BCUT2D eigenvalue weighted by atomic mass is 35.5. The predicted octanol–water partition coefficient (Wildman–Crippen LogP) is 4.17. The fourth-order valence-electron chi connectivity index (χ4n) is 3.36. The van der Waals surface area contributed by atoms with Gasteiger partial charge in [0.2, 0.25) is 10.0 Å². The molecule has 30 heavy (non-hydrogen) atoms. The van der Waals surface area contributed by atoms with Crippen molar-refractivity contribution in [1.29, 1.82) is 0 Å². The van der Waals surface area contributed by atoms with Gasteiger partial charge < -0.3 is 10.4 Å². The number of rotatable bonds is 5. The van der Waals surface area contributed by atoms with Crippen LogP contribution in [0, 0.1) is 11.7 Å². The standard InChI is InChI=1S/C20H21Cl2FN2O4S/c1-2-12-11-25(8-7-18(12)26)30(28,29)19-9-13(3-5-15(19)21)20(27)24-14-4-6-17(23)16(22)10-14/h3-6,9-10,12,18,26H,2,7-8,11H2,1H3,(H,24,27). The monoisotopic (exact) mass is 474 g/mol. The minimum absolute atomic E-state index is 0.00412. The molecule has 1 aliphatic heterocycles. The second kappa shape index (κ2) is 9.20. The molecule has 1 aliphatic rings. The maximum atomic E-state index is 13.3. The van der Waals surface area contributed by atoms with E-state index < -0.39 is 27.9 Å². The number of hydrogen-bond acceptors (Lipinski definition) is 4. The van der Waals surface area contributed by atoms with Gasteiger partial charge >= 0.3 is 0 Å². The van der Waals surface area contributed by atoms with Gasteiger partial charge in [0, 0.05) is 24.3 Å². The van der Waals surface area contributed by atoms with E-state index in [9.17, 15) is 22.7 Å². The van der Waals surface area contributed by atoms with Gasteiger partial charge in [-0.15, -0.1) is 0 Å². The number of anilines is 1. The molecule has 2 aromatic carbocycles. The highest BCUT2D eigenvalue weighted by molar-refractivity contribution is 7.89. The van der Waals surface area contributed by atoms with Crippen molar-refractivity contribution >= 4 is 44.8 Å². The van der Waals surface area contributed by atoms with Gasteiger partial charge in [0.1, 0.15) is 10.7 Å². The molecule has 0 aromatic heterocycles. The lowest BCUT2D eigenvalue weighted by atomic mass is 9.94. The Hall–Kier alpha value is -1.71. The van der Waals surface area contributed by atoms with Crippen molar-refractivity contribution in [2.75, 3.05) is 18.4 Å². The molecular formula is C20H21Cl2FN2O4S. The second-order valence-corrected chi connectivity index (χ2v) is 9.84. The number of carbonyl (C=O) groups is 1. The number of halogens is 3. The van der Waals surface area contributed by atoms with E-state index in [0.29, 0.717) is 12.8 Å². The van der Waals surface area contributed by atoms with Crippen LogP contribution in [0.2, 0.25) is 10.0 Å². The highest BCUT2D eigenvalue weighted by Gasteiger charge is 2.35. The van der Waals surface area contributed by atoms with E-state index in [2.05, 4.69) is 5.32 Å². The van der Waals surface area contributed by atoms with Crippen LogP contribution in [0.1, 0.15) is 30.1 Å². The minimum atomic E-state index is -3.96. The number of amides is 1. The first-order valence-corrected chi connectivity index (χ1v) is 11.6. The Bertz CT molecular complexity index is 1060. The number of nitrogens with zero attached hydrogens (tertiary/aromatic N) is 1. The lowest BCUT2D eigenvalue weighted by Gasteiger charge is -2.35. The number of nitrogens with one attached hydrogen (secondary N) is 1. The fraction of sp³-hybridized carbons (Fsp3) is 0.350. The van der Waals surface area contributed by atoms with Gasteiger partial charge in [-0.05, 0) is 55.2 Å². The molecule has 2 N–H and O–H groups in total. The third-order valence-corrected chi connectivity index (χ3v) is 7.81. The normalized spacial score (nSPS) is 20.2. The number of hydrogen-bond donors (Lipinski definition) is 2. The van der Waals surface area contributed by atoms with E-state index in [4.69, 9.17) is 23.2 Å². The Morgan fingerprint density at radius 1 is 1.23 bits per heavy atom. The third-order valence-electron chi connectivity index (χ3n) is 5.17. The van der Waals surface area contributed by atoms with Gasteiger partial charge in [-0.25, -0.2) is 12.8 Å². The Balaban J connectivity index is 1.87. The van der Waals surface area contributed by atoms with Crippen molar-refractivity contribution in [3.63, 3.8) is 0 Å². The van der Waals surface area contributed by atoms with Gasteiger partial charge in [-0.1, -0.05) is 30.1 Å². The number of sulfonamides is 1. The second-order valence-electron chi connectivity index (χ2n) is 7.12. The Morgan fingerprint density at radius 3 is 2.63 bits per heavy atom. The quantitative estimate of drug-likeness (QED) is 0.680. The Morgan fingerprint density at radius 2 is 1.97 bits per heavy atom. The van der Waals surface area contributed by atoms with Gasteiger partial charge in [0.05, 0.1) is 16.1 Å². The SMILES string of the molecule is CCC1CN(S(=O)(=O)c2cc(C(=O)Nc3ccc(F)c(Cl)c3)ccc2Cl)CCC1O. The van der Waals surface area contributed by atoms with Crippen LogP contribution >= 0.6 is 23.2 Å². The molecule has 6 nitrogen and oxygen atoms in total. The molecule has 0 radical (unpaired) electrons. The number of aliphatic hydroxyl groups is 1. The summed E-state index contributed by atoms with van der Waals surface area (Å²) in [5, 5.41) is 12.4. The lowest BCUT2D eigenvalue weighted by Crippen LogP contribution is -2.45. The molecule has 2 unspecified atom stereocenters. The molecule has 1 heterocycles. The van der Waals surface area contributed by atoms with Gasteiger partial charge in [0.25, 0.3) is 5.91 Å². The third kappa shape index (κ3) is 4.78. The molecular weight excluding hydrogens is 454 g/mol. The molecule has 0 saturated carbocycles. The topological polar surface area (TPSA) is 86.7 Å². The molecule has 2 aromatic rings. The van der Waals surface area contributed by atoms with E-state index in [0.717, 1.165) is 6.07 Å². The minimum Gasteiger partial charge on any atom is -0.393 e. The highest BCUT2D eigenvalue weighted by Crippen LogP contribution is 2.30. The van der Waals surface area contributed by atoms with Gasteiger partial charge in [-0.2, -0.15) is 4.31 Å². The van der Waals surface area contributed by atoms with Crippen molar-refractivity contribution in [3.05, 3.63) is 57.8 Å². The van der Waals surface area contributed by atoms with E-state index in [-0.39, 0.29) is 45.2 Å². The summed E-state index contributed by atoms with van der Waals surface area (Å²) in [4.78, 5) is 12.4. The summed E-state index contributed by atoms with van der Waals surface area (Å²) < 4.78 is 40.9. The largest absolute Gasteiger partial charge is 0.393 e. The van der Waals surface area contributed by atoms with Crippen LogP contribution in [-0.4, -0.2) is 42.9 Å². The summed E-state index contributed by atoms with van der Waals surface area (Å²) >= 11 is 11.9. The van der Waals surface area contributed by atoms with E-state index in [1.54, 1.807) is 0 Å². The molecule has 0 spiro atoms. The molecule has 162 valence electrons. The number of carbonyl (C=O) groups excluding carboxylic acids is 1. The van der Waals surface area contributed by atoms with Crippen molar-refractivity contribution in [2.24, 2.45) is 5.92 Å². The number of piperidine rings is 1. The van der Waals surface area contributed by atoms with E-state index in [1.807, 2.05) is 6.92 Å². The first-order valence-electron chi connectivity index (χ1n) is 9.37. The number of benzene rings is 2. The van der Waals surface area contributed by atoms with Crippen LogP contribution in [0.3, 0.4) is 0 Å². The molecule has 1 amide bonds. The lowest BCUT2D eigenvalue weighted by molar-refractivity contribution is 0.0521. The zero-order chi connectivity index (χ0) is 22.1. The van der Waals surface area contributed by atoms with Crippen LogP contribution < -0.4 is 5.32 Å². The molecule has 2 atom stereocenters. The van der Waals surface area contributed by atoms with Crippen LogP contribution in [0.25, 0.3) is 0 Å². The van der Waals surface area contributed by atoms with E-state index in [1.165, 1.54) is 34.6 Å². The van der Waals surface area contributed by atoms with Crippen LogP contribution in [0.5, 0.6) is 0 Å². The average molecular weight is 475 g/mol. The molecule has 0 aliphatic carbocycles. The summed E-state index contributed by atoms with van der Waals surface area (Å²) in [6.45, 7) is 2.24. The van der Waals surface area contributed by atoms with Crippen LogP contribution in [-0.2, 0) is 10.0 Å². The van der Waals surface area contributed by atoms with Crippen molar-refractivity contribution < 1.29 is 22.7 Å². The van der Waals surface area contributed by atoms with Crippen molar-refractivity contribution in [2.45, 2.75) is 30.8 Å². The van der Waals surface area contributed by atoms with Crippen LogP contribution in [0.4, 0.5) is 10.1 Å². The number of aliphatic hydroxyl groups excluding tert-OH is 1. The first kappa shape index (κ1) is 23.0. The smallest absolute Gasteiger partial charge is 0.255 e. The van der Waals surface area contributed by atoms with Crippen molar-refractivity contribution in [1.82, 2.24) is 4.31 Å². The molecule has 10 heteroatoms. The zero-order valence-electron chi connectivity index (χ0n) is 16.1. The van der Waals surface area contributed by atoms with Gasteiger partial charge in [-0.3, -0.25) is 4.79 Å². The predicted molar refractivity (Wildman–Crippen MR) is 114 cm³/mol. The maximum Gasteiger partial charge on any atom is 0.255 e. The molecule has 1 fully saturated rings. The summed E-state index contributed by atoms with van der Waals surface area (Å²) in [7, 11) is -3.96. The van der Waals surface area contributed by atoms with E-state index >= 15 is 0 Å². The molecule has 3 rings (SSSR count). The summed E-state index contributed by atoms with van der Waals surface area (Å²) in [5.41, 5.74) is 0.337.